The van der Waals surface area contributed by atoms with E-state index in [2.05, 4.69) is 55.4 Å². The largest absolute Gasteiger partial charge is 0.381 e. The lowest BCUT2D eigenvalue weighted by Gasteiger charge is -2.17. The fraction of sp³-hybridized carbons (Fsp3) is 1.00. The van der Waals surface area contributed by atoms with Crippen LogP contribution in [0.1, 0.15) is 68.2 Å². The van der Waals surface area contributed by atoms with Crippen molar-refractivity contribution in [1.82, 2.24) is 0 Å². The second-order valence-electron chi connectivity index (χ2n) is 6.53. The van der Waals surface area contributed by atoms with E-state index in [1.807, 2.05) is 0 Å². The molecular weight excluding hydrogens is 184 g/mol. The molecule has 0 radical (unpaired) electrons. The van der Waals surface area contributed by atoms with Crippen LogP contribution in [-0.2, 0) is 4.74 Å². The highest BCUT2D eigenvalue weighted by Crippen LogP contribution is 2.16. The maximum absolute atomic E-state index is 5.35. The van der Waals surface area contributed by atoms with E-state index >= 15 is 0 Å². The Balaban J connectivity index is 0. The summed E-state index contributed by atoms with van der Waals surface area (Å²) in [4.78, 5) is 0. The Labute approximate surface area is 97.6 Å². The number of hydrogen-bond acceptors (Lipinski definition) is 1. The van der Waals surface area contributed by atoms with E-state index in [1.54, 1.807) is 0 Å². The first-order chi connectivity index (χ1) is 6.62. The summed E-state index contributed by atoms with van der Waals surface area (Å²) in [6.07, 6.45) is 2.39. The Morgan fingerprint density at radius 3 is 1.40 bits per heavy atom. The van der Waals surface area contributed by atoms with E-state index in [0.717, 1.165) is 19.6 Å². The van der Waals surface area contributed by atoms with E-state index in [9.17, 15) is 0 Å². The third-order valence-electron chi connectivity index (χ3n) is 1.94. The minimum Gasteiger partial charge on any atom is -0.381 e. The van der Waals surface area contributed by atoms with Gasteiger partial charge in [-0.1, -0.05) is 61.8 Å². The van der Waals surface area contributed by atoms with Crippen molar-refractivity contribution in [3.05, 3.63) is 0 Å². The third-order valence-corrected chi connectivity index (χ3v) is 1.94. The third kappa shape index (κ3) is 24.9. The van der Waals surface area contributed by atoms with E-state index < -0.39 is 0 Å². The van der Waals surface area contributed by atoms with Gasteiger partial charge in [0.1, 0.15) is 0 Å². The van der Waals surface area contributed by atoms with Crippen LogP contribution < -0.4 is 0 Å². The van der Waals surface area contributed by atoms with Crippen LogP contribution >= 0.6 is 0 Å². The van der Waals surface area contributed by atoms with Crippen molar-refractivity contribution >= 4 is 0 Å². The molecule has 0 aromatic carbocycles. The molecule has 0 amide bonds. The maximum Gasteiger partial charge on any atom is 0.0514 e. The molecule has 0 aromatic heterocycles. The van der Waals surface area contributed by atoms with Gasteiger partial charge in [0.15, 0.2) is 0 Å². The zero-order chi connectivity index (χ0) is 12.5. The highest BCUT2D eigenvalue weighted by molar-refractivity contribution is 4.58. The average molecular weight is 216 g/mol. The molecule has 0 saturated heterocycles. The van der Waals surface area contributed by atoms with Crippen LogP contribution in [0.15, 0.2) is 0 Å². The average Bonchev–Trinajstić information content (AvgIpc) is 2.02. The van der Waals surface area contributed by atoms with Gasteiger partial charge in [0.05, 0.1) is 6.61 Å². The second kappa shape index (κ2) is 8.15. The lowest BCUT2D eigenvalue weighted by molar-refractivity contribution is 0.0717. The summed E-state index contributed by atoms with van der Waals surface area (Å²) < 4.78 is 5.35. The lowest BCUT2D eigenvalue weighted by Crippen LogP contribution is -2.14. The first kappa shape index (κ1) is 17.4. The molecule has 0 aliphatic heterocycles. The zero-order valence-electron chi connectivity index (χ0n) is 12.2. The van der Waals surface area contributed by atoms with Crippen molar-refractivity contribution in [2.75, 3.05) is 13.2 Å². The van der Waals surface area contributed by atoms with E-state index in [4.69, 9.17) is 4.74 Å². The van der Waals surface area contributed by atoms with Crippen LogP contribution in [0.4, 0.5) is 0 Å². The molecule has 15 heavy (non-hydrogen) atoms. The standard InChI is InChI=1S/C8H18O.C6H14/c1-5-6-9-7-8(2,3)4;1-5-6(2,3)4/h5-7H2,1-4H3;5H2,1-4H3. The molecule has 0 atom stereocenters. The van der Waals surface area contributed by atoms with Crippen LogP contribution in [-0.4, -0.2) is 13.2 Å². The Kier molecular flexibility index (Phi) is 9.43. The van der Waals surface area contributed by atoms with Crippen molar-refractivity contribution in [3.8, 4) is 0 Å². The van der Waals surface area contributed by atoms with Crippen molar-refractivity contribution in [3.63, 3.8) is 0 Å². The first-order valence-corrected chi connectivity index (χ1v) is 6.20. The van der Waals surface area contributed by atoms with Gasteiger partial charge in [-0.25, -0.2) is 0 Å². The van der Waals surface area contributed by atoms with Gasteiger partial charge in [0, 0.05) is 6.61 Å². The Morgan fingerprint density at radius 1 is 0.800 bits per heavy atom. The summed E-state index contributed by atoms with van der Waals surface area (Å²) in [5, 5.41) is 0. The normalized spacial score (nSPS) is 12.0. The molecule has 0 N–H and O–H groups in total. The molecule has 94 valence electrons. The summed E-state index contributed by atoms with van der Waals surface area (Å²) in [6.45, 7) is 19.4. The molecule has 0 saturated carbocycles. The highest BCUT2D eigenvalue weighted by Gasteiger charge is 2.08. The summed E-state index contributed by atoms with van der Waals surface area (Å²) >= 11 is 0. The molecule has 0 heterocycles. The Morgan fingerprint density at radius 2 is 1.20 bits per heavy atom. The minimum atomic E-state index is 0.329. The zero-order valence-corrected chi connectivity index (χ0v) is 12.2. The molecule has 0 aliphatic rings. The summed E-state index contributed by atoms with van der Waals surface area (Å²) in [6, 6.07) is 0. The van der Waals surface area contributed by atoms with E-state index in [1.165, 1.54) is 6.42 Å². The van der Waals surface area contributed by atoms with Gasteiger partial charge in [0.2, 0.25) is 0 Å². The quantitative estimate of drug-likeness (QED) is 0.610. The molecule has 1 heteroatoms. The van der Waals surface area contributed by atoms with Crippen molar-refractivity contribution in [2.45, 2.75) is 68.2 Å². The van der Waals surface area contributed by atoms with Crippen LogP contribution in [0.3, 0.4) is 0 Å². The van der Waals surface area contributed by atoms with Gasteiger partial charge >= 0.3 is 0 Å². The Bertz CT molecular complexity index is 125. The number of ether oxygens (including phenoxy) is 1. The lowest BCUT2D eigenvalue weighted by atomic mass is 9.94. The monoisotopic (exact) mass is 216 g/mol. The highest BCUT2D eigenvalue weighted by atomic mass is 16.5. The van der Waals surface area contributed by atoms with Crippen LogP contribution in [0.5, 0.6) is 0 Å². The Hall–Kier alpha value is -0.0400. The van der Waals surface area contributed by atoms with Gasteiger partial charge in [-0.2, -0.15) is 0 Å². The predicted molar refractivity (Wildman–Crippen MR) is 70.3 cm³/mol. The first-order valence-electron chi connectivity index (χ1n) is 6.20. The van der Waals surface area contributed by atoms with Gasteiger partial charge < -0.3 is 4.74 Å². The predicted octanol–water partition coefficient (Wildman–Crippen LogP) is 4.90. The number of rotatable bonds is 3. The van der Waals surface area contributed by atoms with Crippen LogP contribution in [0, 0.1) is 10.8 Å². The topological polar surface area (TPSA) is 9.23 Å². The molecule has 0 spiro atoms. The van der Waals surface area contributed by atoms with Crippen molar-refractivity contribution in [2.24, 2.45) is 10.8 Å². The van der Waals surface area contributed by atoms with Crippen molar-refractivity contribution in [1.29, 1.82) is 0 Å². The van der Waals surface area contributed by atoms with Gasteiger partial charge in [0.25, 0.3) is 0 Å². The summed E-state index contributed by atoms with van der Waals surface area (Å²) in [7, 11) is 0. The molecule has 0 unspecified atom stereocenters. The minimum absolute atomic E-state index is 0.329. The molecule has 0 bridgehead atoms. The number of hydrogen-bond donors (Lipinski definition) is 0. The fourth-order valence-electron chi connectivity index (χ4n) is 0.523. The van der Waals surface area contributed by atoms with Crippen LogP contribution in [0.2, 0.25) is 0 Å². The van der Waals surface area contributed by atoms with Crippen molar-refractivity contribution < 1.29 is 4.74 Å². The van der Waals surface area contributed by atoms with E-state index in [0.29, 0.717) is 10.8 Å². The van der Waals surface area contributed by atoms with Gasteiger partial charge in [-0.3, -0.25) is 0 Å². The molecule has 1 nitrogen and oxygen atoms in total. The molecule has 0 aromatic rings. The van der Waals surface area contributed by atoms with E-state index in [-0.39, 0.29) is 0 Å². The fourth-order valence-corrected chi connectivity index (χ4v) is 0.523. The second-order valence-corrected chi connectivity index (χ2v) is 6.53. The SMILES string of the molecule is CCC(C)(C)C.CCCOCC(C)(C)C. The summed E-state index contributed by atoms with van der Waals surface area (Å²) in [5.74, 6) is 0. The molecular formula is C14H32O. The maximum atomic E-state index is 5.35. The molecule has 0 rings (SSSR count). The smallest absolute Gasteiger partial charge is 0.0514 e. The molecule has 0 aliphatic carbocycles. The summed E-state index contributed by atoms with van der Waals surface area (Å²) in [5.41, 5.74) is 0.870. The van der Waals surface area contributed by atoms with Crippen LogP contribution in [0.25, 0.3) is 0 Å². The molecule has 0 fully saturated rings. The van der Waals surface area contributed by atoms with Gasteiger partial charge in [-0.05, 0) is 17.3 Å². The van der Waals surface area contributed by atoms with Gasteiger partial charge in [-0.15, -0.1) is 0 Å².